The maximum absolute atomic E-state index is 12.8. The third kappa shape index (κ3) is 3.51. The van der Waals surface area contributed by atoms with Crippen molar-refractivity contribution in [2.45, 2.75) is 32.7 Å². The lowest BCUT2D eigenvalue weighted by molar-refractivity contribution is 0.0533. The van der Waals surface area contributed by atoms with Crippen molar-refractivity contribution < 1.29 is 4.79 Å². The van der Waals surface area contributed by atoms with Gasteiger partial charge in [0.15, 0.2) is 0 Å². The molecule has 1 aromatic rings. The van der Waals surface area contributed by atoms with Gasteiger partial charge in [0.05, 0.1) is 0 Å². The fourth-order valence-corrected chi connectivity index (χ4v) is 2.65. The highest BCUT2D eigenvalue weighted by molar-refractivity contribution is 5.95. The number of carbonyl (C=O) groups excluding carboxylic acids is 1. The topological polar surface area (TPSA) is 74.5 Å². The summed E-state index contributed by atoms with van der Waals surface area (Å²) in [7, 11) is 2.08. The van der Waals surface area contributed by atoms with Crippen LogP contribution in [0.4, 0.5) is 5.82 Å². The number of nitrogen functional groups attached to an aromatic ring is 1. The number of piperazine rings is 1. The molecule has 1 unspecified atom stereocenters. The van der Waals surface area contributed by atoms with Gasteiger partial charge in [-0.15, -0.1) is 0 Å². The molecular formula is C15H25N5O. The average molecular weight is 291 g/mol. The summed E-state index contributed by atoms with van der Waals surface area (Å²) in [5.41, 5.74) is 4.07. The SMILES string of the molecule is CC(C)c1cc(C(=O)N2CCN(C)CC2C)cc(NN)n1. The molecule has 1 saturated heterocycles. The van der Waals surface area contributed by atoms with E-state index in [4.69, 9.17) is 5.84 Å². The van der Waals surface area contributed by atoms with Crippen LogP contribution in [0.15, 0.2) is 12.1 Å². The van der Waals surface area contributed by atoms with Crippen LogP contribution in [0.2, 0.25) is 0 Å². The molecule has 1 amide bonds. The Hall–Kier alpha value is -1.66. The normalized spacial score (nSPS) is 19.9. The number of nitrogens with one attached hydrogen (secondary N) is 1. The molecule has 3 N–H and O–H groups in total. The van der Waals surface area contributed by atoms with E-state index < -0.39 is 0 Å². The Bertz CT molecular complexity index is 517. The van der Waals surface area contributed by atoms with Crippen molar-refractivity contribution in [3.05, 3.63) is 23.4 Å². The Kier molecular flexibility index (Phi) is 4.80. The van der Waals surface area contributed by atoms with E-state index >= 15 is 0 Å². The van der Waals surface area contributed by atoms with Crippen molar-refractivity contribution >= 4 is 11.7 Å². The van der Waals surface area contributed by atoms with Crippen molar-refractivity contribution in [1.29, 1.82) is 0 Å². The maximum Gasteiger partial charge on any atom is 0.254 e. The van der Waals surface area contributed by atoms with Crippen LogP contribution in [0.3, 0.4) is 0 Å². The maximum atomic E-state index is 12.8. The molecule has 1 fully saturated rings. The summed E-state index contributed by atoms with van der Waals surface area (Å²) < 4.78 is 0. The Morgan fingerprint density at radius 1 is 1.43 bits per heavy atom. The Balaban J connectivity index is 2.28. The zero-order valence-corrected chi connectivity index (χ0v) is 13.3. The number of hydrogen-bond donors (Lipinski definition) is 2. The van der Waals surface area contributed by atoms with Gasteiger partial charge in [-0.25, -0.2) is 10.8 Å². The molecule has 6 nitrogen and oxygen atoms in total. The van der Waals surface area contributed by atoms with Gasteiger partial charge >= 0.3 is 0 Å². The van der Waals surface area contributed by atoms with E-state index in [0.717, 1.165) is 25.3 Å². The van der Waals surface area contributed by atoms with E-state index in [-0.39, 0.29) is 17.9 Å². The number of anilines is 1. The first-order valence-electron chi connectivity index (χ1n) is 7.40. The predicted octanol–water partition coefficient (Wildman–Crippen LogP) is 1.27. The van der Waals surface area contributed by atoms with Crippen LogP contribution < -0.4 is 11.3 Å². The molecular weight excluding hydrogens is 266 g/mol. The summed E-state index contributed by atoms with van der Waals surface area (Å²) in [5, 5.41) is 0. The first-order chi connectivity index (χ1) is 9.92. The minimum atomic E-state index is 0.0522. The highest BCUT2D eigenvalue weighted by Crippen LogP contribution is 2.20. The van der Waals surface area contributed by atoms with Crippen molar-refractivity contribution in [2.75, 3.05) is 32.1 Å². The molecule has 2 heterocycles. The second kappa shape index (κ2) is 6.41. The van der Waals surface area contributed by atoms with E-state index in [1.54, 1.807) is 6.07 Å². The number of hydrogen-bond acceptors (Lipinski definition) is 5. The monoisotopic (exact) mass is 291 g/mol. The summed E-state index contributed by atoms with van der Waals surface area (Å²) in [4.78, 5) is 21.3. The lowest BCUT2D eigenvalue weighted by Gasteiger charge is -2.38. The Labute approximate surface area is 126 Å². The van der Waals surface area contributed by atoms with Crippen LogP contribution in [0, 0.1) is 0 Å². The molecule has 1 atom stereocenters. The van der Waals surface area contributed by atoms with E-state index in [1.807, 2.05) is 11.0 Å². The zero-order chi connectivity index (χ0) is 15.6. The number of pyridine rings is 1. The Morgan fingerprint density at radius 2 is 2.14 bits per heavy atom. The molecule has 1 aromatic heterocycles. The summed E-state index contributed by atoms with van der Waals surface area (Å²) in [5.74, 6) is 6.30. The minimum Gasteiger partial charge on any atom is -0.333 e. The fourth-order valence-electron chi connectivity index (χ4n) is 2.65. The number of amides is 1. The van der Waals surface area contributed by atoms with Gasteiger partial charge in [0.25, 0.3) is 5.91 Å². The number of rotatable bonds is 3. The van der Waals surface area contributed by atoms with Crippen LogP contribution in [-0.2, 0) is 0 Å². The average Bonchev–Trinajstić information content (AvgIpc) is 2.46. The summed E-state index contributed by atoms with van der Waals surface area (Å²) >= 11 is 0. The van der Waals surface area contributed by atoms with Crippen molar-refractivity contribution in [3.63, 3.8) is 0 Å². The standard InChI is InChI=1S/C15H25N5O/c1-10(2)13-7-12(8-14(17-13)18-16)15(21)20-6-5-19(4)9-11(20)3/h7-8,10-11H,5-6,9,16H2,1-4H3,(H,17,18). The van der Waals surface area contributed by atoms with Gasteiger partial charge in [-0.05, 0) is 32.0 Å². The molecule has 2 rings (SSSR count). The molecule has 116 valence electrons. The number of nitrogens with zero attached hydrogens (tertiary/aromatic N) is 3. The molecule has 1 aliphatic heterocycles. The van der Waals surface area contributed by atoms with E-state index in [2.05, 4.69) is 43.1 Å². The van der Waals surface area contributed by atoms with E-state index in [0.29, 0.717) is 11.4 Å². The van der Waals surface area contributed by atoms with Gasteiger partial charge in [0.2, 0.25) is 0 Å². The fraction of sp³-hybridized carbons (Fsp3) is 0.600. The Morgan fingerprint density at radius 3 is 2.71 bits per heavy atom. The van der Waals surface area contributed by atoms with Crippen molar-refractivity contribution in [2.24, 2.45) is 5.84 Å². The molecule has 0 spiro atoms. The number of nitrogens with two attached hydrogens (primary N) is 1. The second-order valence-electron chi connectivity index (χ2n) is 6.07. The lowest BCUT2D eigenvalue weighted by atomic mass is 10.1. The van der Waals surface area contributed by atoms with Gasteiger partial charge in [0, 0.05) is 36.9 Å². The molecule has 0 aliphatic carbocycles. The van der Waals surface area contributed by atoms with Crippen LogP contribution in [0.1, 0.15) is 42.7 Å². The van der Waals surface area contributed by atoms with Gasteiger partial charge in [-0.3, -0.25) is 4.79 Å². The summed E-state index contributed by atoms with van der Waals surface area (Å²) in [6.45, 7) is 8.74. The zero-order valence-electron chi connectivity index (χ0n) is 13.3. The number of likely N-dealkylation sites (N-methyl/N-ethyl adjacent to an activating group) is 1. The van der Waals surface area contributed by atoms with E-state index in [1.165, 1.54) is 0 Å². The van der Waals surface area contributed by atoms with Crippen LogP contribution in [0.25, 0.3) is 0 Å². The molecule has 6 heteroatoms. The molecule has 0 bridgehead atoms. The first kappa shape index (κ1) is 15.7. The highest BCUT2D eigenvalue weighted by Gasteiger charge is 2.27. The minimum absolute atomic E-state index is 0.0522. The van der Waals surface area contributed by atoms with Gasteiger partial charge < -0.3 is 15.2 Å². The third-order valence-corrected chi connectivity index (χ3v) is 3.92. The van der Waals surface area contributed by atoms with Gasteiger partial charge in [-0.2, -0.15) is 0 Å². The van der Waals surface area contributed by atoms with Gasteiger partial charge in [0.1, 0.15) is 5.82 Å². The number of carbonyl (C=O) groups is 1. The van der Waals surface area contributed by atoms with E-state index in [9.17, 15) is 4.79 Å². The molecule has 0 radical (unpaired) electrons. The van der Waals surface area contributed by atoms with Crippen molar-refractivity contribution in [3.8, 4) is 0 Å². The summed E-state index contributed by atoms with van der Waals surface area (Å²) in [6, 6.07) is 3.80. The predicted molar refractivity (Wildman–Crippen MR) is 84.1 cm³/mol. The van der Waals surface area contributed by atoms with Crippen molar-refractivity contribution in [1.82, 2.24) is 14.8 Å². The van der Waals surface area contributed by atoms with Crippen LogP contribution in [-0.4, -0.2) is 53.4 Å². The van der Waals surface area contributed by atoms with Gasteiger partial charge in [-0.1, -0.05) is 13.8 Å². The third-order valence-electron chi connectivity index (χ3n) is 3.92. The van der Waals surface area contributed by atoms with Crippen LogP contribution >= 0.6 is 0 Å². The summed E-state index contributed by atoms with van der Waals surface area (Å²) in [6.07, 6.45) is 0. The molecule has 0 aromatic carbocycles. The lowest BCUT2D eigenvalue weighted by Crippen LogP contribution is -2.52. The molecule has 1 aliphatic rings. The molecule has 0 saturated carbocycles. The highest BCUT2D eigenvalue weighted by atomic mass is 16.2. The smallest absolute Gasteiger partial charge is 0.254 e. The quantitative estimate of drug-likeness (QED) is 0.648. The largest absolute Gasteiger partial charge is 0.333 e. The number of aromatic nitrogens is 1. The van der Waals surface area contributed by atoms with Crippen LogP contribution in [0.5, 0.6) is 0 Å². The first-order valence-corrected chi connectivity index (χ1v) is 7.40. The molecule has 21 heavy (non-hydrogen) atoms. The second-order valence-corrected chi connectivity index (χ2v) is 6.07. The number of hydrazine groups is 1.